The molecule has 0 atom stereocenters. The van der Waals surface area contributed by atoms with Gasteiger partial charge in [0.15, 0.2) is 0 Å². The highest BCUT2D eigenvalue weighted by Gasteiger charge is 2.05. The van der Waals surface area contributed by atoms with Crippen molar-refractivity contribution in [3.8, 4) is 5.75 Å². The van der Waals surface area contributed by atoms with E-state index in [1.807, 2.05) is 32.0 Å². The normalized spacial score (nSPS) is 10.7. The van der Waals surface area contributed by atoms with Crippen LogP contribution in [0.2, 0.25) is 0 Å². The van der Waals surface area contributed by atoms with E-state index in [9.17, 15) is 0 Å². The Kier molecular flexibility index (Phi) is 4.26. The van der Waals surface area contributed by atoms with Gasteiger partial charge in [-0.25, -0.2) is 0 Å². The number of rotatable bonds is 5. The molecule has 1 heterocycles. The van der Waals surface area contributed by atoms with Gasteiger partial charge in [0.1, 0.15) is 5.75 Å². The number of para-hydroxylation sites is 2. The van der Waals surface area contributed by atoms with E-state index in [1.165, 1.54) is 10.4 Å². The molecular formula is C15H19NOS. The second-order valence-corrected chi connectivity index (χ2v) is 5.54. The zero-order valence-corrected chi connectivity index (χ0v) is 11.9. The van der Waals surface area contributed by atoms with Crippen molar-refractivity contribution >= 4 is 17.0 Å². The Morgan fingerprint density at radius 3 is 2.67 bits per heavy atom. The SMILES string of the molecule is Cc1ccsc1CNc1ccccc1OC(C)C. The fourth-order valence-corrected chi connectivity index (χ4v) is 2.58. The quantitative estimate of drug-likeness (QED) is 0.858. The summed E-state index contributed by atoms with van der Waals surface area (Å²) in [5.74, 6) is 0.918. The first kappa shape index (κ1) is 13.0. The molecular weight excluding hydrogens is 242 g/mol. The number of thiophene rings is 1. The lowest BCUT2D eigenvalue weighted by molar-refractivity contribution is 0.243. The predicted octanol–water partition coefficient (Wildman–Crippen LogP) is 4.46. The van der Waals surface area contributed by atoms with Crippen LogP contribution >= 0.6 is 11.3 Å². The fourth-order valence-electron chi connectivity index (χ4n) is 1.73. The predicted molar refractivity (Wildman–Crippen MR) is 78.6 cm³/mol. The molecule has 2 rings (SSSR count). The maximum Gasteiger partial charge on any atom is 0.142 e. The van der Waals surface area contributed by atoms with Crippen LogP contribution in [0.25, 0.3) is 0 Å². The molecule has 0 spiro atoms. The molecule has 0 unspecified atom stereocenters. The van der Waals surface area contributed by atoms with Crippen molar-refractivity contribution in [2.24, 2.45) is 0 Å². The third-order valence-electron chi connectivity index (χ3n) is 2.66. The zero-order chi connectivity index (χ0) is 13.0. The van der Waals surface area contributed by atoms with Crippen LogP contribution in [0, 0.1) is 6.92 Å². The van der Waals surface area contributed by atoms with Crippen molar-refractivity contribution in [3.05, 3.63) is 46.2 Å². The third kappa shape index (κ3) is 3.26. The first-order valence-electron chi connectivity index (χ1n) is 6.19. The number of anilines is 1. The molecule has 0 aliphatic heterocycles. The molecule has 3 heteroatoms. The highest BCUT2D eigenvalue weighted by Crippen LogP contribution is 2.26. The molecule has 0 saturated heterocycles. The molecule has 2 aromatic rings. The standard InChI is InChI=1S/C15H19NOS/c1-11(2)17-14-7-5-4-6-13(14)16-10-15-12(3)8-9-18-15/h4-9,11,16H,10H2,1-3H3. The Morgan fingerprint density at radius 1 is 1.22 bits per heavy atom. The van der Waals surface area contributed by atoms with Gasteiger partial charge in [0.25, 0.3) is 0 Å². The molecule has 2 nitrogen and oxygen atoms in total. The van der Waals surface area contributed by atoms with E-state index in [0.29, 0.717) is 0 Å². The van der Waals surface area contributed by atoms with Gasteiger partial charge in [-0.1, -0.05) is 12.1 Å². The van der Waals surface area contributed by atoms with Gasteiger partial charge in [-0.15, -0.1) is 11.3 Å². The first-order valence-corrected chi connectivity index (χ1v) is 7.07. The van der Waals surface area contributed by atoms with Crippen LogP contribution in [0.1, 0.15) is 24.3 Å². The average molecular weight is 261 g/mol. The highest BCUT2D eigenvalue weighted by atomic mass is 32.1. The largest absolute Gasteiger partial charge is 0.489 e. The number of ether oxygens (including phenoxy) is 1. The van der Waals surface area contributed by atoms with Crippen LogP contribution < -0.4 is 10.1 Å². The van der Waals surface area contributed by atoms with Crippen LogP contribution in [0.3, 0.4) is 0 Å². The molecule has 0 aliphatic carbocycles. The van der Waals surface area contributed by atoms with E-state index >= 15 is 0 Å². The van der Waals surface area contributed by atoms with Gasteiger partial charge in [-0.2, -0.15) is 0 Å². The van der Waals surface area contributed by atoms with Crippen LogP contribution in [0.4, 0.5) is 5.69 Å². The summed E-state index contributed by atoms with van der Waals surface area (Å²) in [6, 6.07) is 10.2. The second kappa shape index (κ2) is 5.91. The van der Waals surface area contributed by atoms with Gasteiger partial charge in [0.05, 0.1) is 11.8 Å². The summed E-state index contributed by atoms with van der Waals surface area (Å²) in [7, 11) is 0. The Labute approximate surface area is 113 Å². The maximum atomic E-state index is 5.79. The topological polar surface area (TPSA) is 21.3 Å². The molecule has 1 aromatic carbocycles. The van der Waals surface area contributed by atoms with Crippen molar-refractivity contribution in [1.82, 2.24) is 0 Å². The van der Waals surface area contributed by atoms with E-state index < -0.39 is 0 Å². The summed E-state index contributed by atoms with van der Waals surface area (Å²) in [6.45, 7) is 7.08. The Morgan fingerprint density at radius 2 is 2.00 bits per heavy atom. The second-order valence-electron chi connectivity index (χ2n) is 4.54. The van der Waals surface area contributed by atoms with E-state index in [4.69, 9.17) is 4.74 Å². The summed E-state index contributed by atoms with van der Waals surface area (Å²) >= 11 is 1.79. The van der Waals surface area contributed by atoms with Crippen molar-refractivity contribution in [2.45, 2.75) is 33.4 Å². The lowest BCUT2D eigenvalue weighted by Crippen LogP contribution is -2.08. The summed E-state index contributed by atoms with van der Waals surface area (Å²) in [5, 5.41) is 5.58. The van der Waals surface area contributed by atoms with E-state index in [0.717, 1.165) is 18.0 Å². The minimum Gasteiger partial charge on any atom is -0.489 e. The van der Waals surface area contributed by atoms with Crippen LogP contribution in [-0.2, 0) is 6.54 Å². The van der Waals surface area contributed by atoms with E-state index in [-0.39, 0.29) is 6.10 Å². The monoisotopic (exact) mass is 261 g/mol. The molecule has 96 valence electrons. The number of nitrogens with one attached hydrogen (secondary N) is 1. The lowest BCUT2D eigenvalue weighted by Gasteiger charge is -2.15. The van der Waals surface area contributed by atoms with Crippen molar-refractivity contribution in [1.29, 1.82) is 0 Å². The first-order chi connectivity index (χ1) is 8.66. The molecule has 18 heavy (non-hydrogen) atoms. The van der Waals surface area contributed by atoms with Crippen molar-refractivity contribution < 1.29 is 4.74 Å². The number of aryl methyl sites for hydroxylation is 1. The molecule has 1 aromatic heterocycles. The molecule has 0 fully saturated rings. The number of hydrogen-bond donors (Lipinski definition) is 1. The van der Waals surface area contributed by atoms with Crippen LogP contribution in [0.15, 0.2) is 35.7 Å². The van der Waals surface area contributed by atoms with E-state index in [1.54, 1.807) is 11.3 Å². The van der Waals surface area contributed by atoms with Gasteiger partial charge < -0.3 is 10.1 Å². The van der Waals surface area contributed by atoms with Gasteiger partial charge in [0, 0.05) is 11.4 Å². The summed E-state index contributed by atoms with van der Waals surface area (Å²) in [6.07, 6.45) is 0.191. The summed E-state index contributed by atoms with van der Waals surface area (Å²) in [4.78, 5) is 1.37. The minimum absolute atomic E-state index is 0.191. The molecule has 1 N–H and O–H groups in total. The Hall–Kier alpha value is -1.48. The van der Waals surface area contributed by atoms with Gasteiger partial charge in [0.2, 0.25) is 0 Å². The molecule has 0 saturated carbocycles. The molecule has 0 aliphatic rings. The number of hydrogen-bond acceptors (Lipinski definition) is 3. The smallest absolute Gasteiger partial charge is 0.142 e. The summed E-state index contributed by atoms with van der Waals surface area (Å²) in [5.41, 5.74) is 2.40. The minimum atomic E-state index is 0.191. The van der Waals surface area contributed by atoms with Crippen LogP contribution in [0.5, 0.6) is 5.75 Å². The van der Waals surface area contributed by atoms with Crippen molar-refractivity contribution in [3.63, 3.8) is 0 Å². The molecule has 0 radical (unpaired) electrons. The van der Waals surface area contributed by atoms with Gasteiger partial charge in [-0.05, 0) is 49.9 Å². The molecule has 0 bridgehead atoms. The van der Waals surface area contributed by atoms with Crippen LogP contribution in [-0.4, -0.2) is 6.10 Å². The van der Waals surface area contributed by atoms with Gasteiger partial charge >= 0.3 is 0 Å². The van der Waals surface area contributed by atoms with E-state index in [2.05, 4.69) is 29.8 Å². The Balaban J connectivity index is 2.07. The average Bonchev–Trinajstić information content (AvgIpc) is 2.73. The lowest BCUT2D eigenvalue weighted by atomic mass is 10.2. The third-order valence-corrected chi connectivity index (χ3v) is 3.68. The van der Waals surface area contributed by atoms with Gasteiger partial charge in [-0.3, -0.25) is 0 Å². The zero-order valence-electron chi connectivity index (χ0n) is 11.1. The summed E-state index contributed by atoms with van der Waals surface area (Å²) < 4.78 is 5.79. The Bertz CT molecular complexity index is 505. The highest BCUT2D eigenvalue weighted by molar-refractivity contribution is 7.10. The van der Waals surface area contributed by atoms with Crippen molar-refractivity contribution in [2.75, 3.05) is 5.32 Å². The molecule has 0 amide bonds. The fraction of sp³-hybridized carbons (Fsp3) is 0.333. The maximum absolute atomic E-state index is 5.79. The number of benzene rings is 1.